The number of hydrogen-bond acceptors (Lipinski definition) is 0. The number of rotatable bonds is 6. The van der Waals surface area contributed by atoms with Crippen molar-refractivity contribution in [2.75, 3.05) is 0 Å². The molecule has 1 fully saturated rings. The molecular weight excluding hydrogens is 362 g/mol. The lowest BCUT2D eigenvalue weighted by atomic mass is 9.78. The Morgan fingerprint density at radius 2 is 1.31 bits per heavy atom. The summed E-state index contributed by atoms with van der Waals surface area (Å²) >= 11 is 0. The van der Waals surface area contributed by atoms with Crippen LogP contribution in [0.5, 0.6) is 0 Å². The maximum atomic E-state index is 13.6. The SMILES string of the molecule is CCCC1CCC(CCc2ccc3cc(-c4ccc(F)c(F)c4)ccc3c2)CC1. The van der Waals surface area contributed by atoms with Gasteiger partial charge in [0, 0.05) is 0 Å². The zero-order valence-corrected chi connectivity index (χ0v) is 17.3. The highest BCUT2D eigenvalue weighted by Crippen LogP contribution is 2.34. The quantitative estimate of drug-likeness (QED) is 0.395. The van der Waals surface area contributed by atoms with Crippen LogP contribution in [-0.2, 0) is 6.42 Å². The molecule has 0 nitrogen and oxygen atoms in total. The van der Waals surface area contributed by atoms with Crippen molar-refractivity contribution in [2.45, 2.75) is 58.3 Å². The van der Waals surface area contributed by atoms with Crippen LogP contribution in [-0.4, -0.2) is 0 Å². The Kier molecular flexibility index (Phi) is 6.28. The van der Waals surface area contributed by atoms with Crippen molar-refractivity contribution in [3.63, 3.8) is 0 Å². The first kappa shape index (κ1) is 20.1. The van der Waals surface area contributed by atoms with E-state index in [1.54, 1.807) is 6.07 Å². The predicted molar refractivity (Wildman–Crippen MR) is 118 cm³/mol. The molecule has 3 aromatic rings. The molecule has 0 amide bonds. The molecule has 0 radical (unpaired) electrons. The Hall–Kier alpha value is -2.22. The average molecular weight is 393 g/mol. The molecule has 1 aliphatic rings. The summed E-state index contributed by atoms with van der Waals surface area (Å²) in [4.78, 5) is 0. The van der Waals surface area contributed by atoms with Crippen molar-refractivity contribution >= 4 is 10.8 Å². The fourth-order valence-corrected chi connectivity index (χ4v) is 4.89. The highest BCUT2D eigenvalue weighted by Gasteiger charge is 2.20. The van der Waals surface area contributed by atoms with E-state index in [0.29, 0.717) is 5.56 Å². The minimum absolute atomic E-state index is 0.702. The molecule has 0 spiro atoms. The predicted octanol–water partition coefficient (Wildman–Crippen LogP) is 8.32. The maximum Gasteiger partial charge on any atom is 0.159 e. The Morgan fingerprint density at radius 3 is 2.03 bits per heavy atom. The van der Waals surface area contributed by atoms with Gasteiger partial charge in [0.2, 0.25) is 0 Å². The third-order valence-corrected chi connectivity index (χ3v) is 6.66. The highest BCUT2D eigenvalue weighted by molar-refractivity contribution is 5.87. The molecule has 2 heteroatoms. The van der Waals surface area contributed by atoms with E-state index >= 15 is 0 Å². The molecule has 1 aliphatic carbocycles. The van der Waals surface area contributed by atoms with Crippen molar-refractivity contribution in [1.82, 2.24) is 0 Å². The summed E-state index contributed by atoms with van der Waals surface area (Å²) < 4.78 is 26.8. The Bertz CT molecular complexity index is 967. The van der Waals surface area contributed by atoms with E-state index in [4.69, 9.17) is 0 Å². The van der Waals surface area contributed by atoms with Crippen LogP contribution in [0.3, 0.4) is 0 Å². The number of aryl methyl sites for hydroxylation is 1. The summed E-state index contributed by atoms with van der Waals surface area (Å²) in [7, 11) is 0. The molecular formula is C27H30F2. The van der Waals surface area contributed by atoms with Crippen LogP contribution in [0.1, 0.15) is 57.4 Å². The van der Waals surface area contributed by atoms with Gasteiger partial charge in [-0.15, -0.1) is 0 Å². The van der Waals surface area contributed by atoms with Crippen LogP contribution in [0.25, 0.3) is 21.9 Å². The zero-order chi connectivity index (χ0) is 20.2. The van der Waals surface area contributed by atoms with Gasteiger partial charge in [-0.05, 0) is 70.3 Å². The molecule has 0 saturated heterocycles. The Morgan fingerprint density at radius 1 is 0.690 bits per heavy atom. The molecule has 0 unspecified atom stereocenters. The van der Waals surface area contributed by atoms with Gasteiger partial charge in [-0.1, -0.05) is 81.8 Å². The second kappa shape index (κ2) is 9.07. The minimum Gasteiger partial charge on any atom is -0.204 e. The second-order valence-corrected chi connectivity index (χ2v) is 8.74. The number of benzene rings is 3. The molecule has 1 saturated carbocycles. The van der Waals surface area contributed by atoms with Gasteiger partial charge in [0.15, 0.2) is 11.6 Å². The van der Waals surface area contributed by atoms with Crippen LogP contribution in [0, 0.1) is 23.5 Å². The van der Waals surface area contributed by atoms with Crippen molar-refractivity contribution < 1.29 is 8.78 Å². The van der Waals surface area contributed by atoms with E-state index in [-0.39, 0.29) is 0 Å². The van der Waals surface area contributed by atoms with Crippen molar-refractivity contribution in [1.29, 1.82) is 0 Å². The Balaban J connectivity index is 1.41. The van der Waals surface area contributed by atoms with Gasteiger partial charge < -0.3 is 0 Å². The largest absolute Gasteiger partial charge is 0.204 e. The fourth-order valence-electron chi connectivity index (χ4n) is 4.89. The van der Waals surface area contributed by atoms with Gasteiger partial charge in [-0.25, -0.2) is 8.78 Å². The molecule has 0 aliphatic heterocycles. The number of hydrogen-bond donors (Lipinski definition) is 0. The van der Waals surface area contributed by atoms with Gasteiger partial charge in [-0.2, -0.15) is 0 Å². The maximum absolute atomic E-state index is 13.6. The molecule has 3 aromatic carbocycles. The Labute approximate surface area is 173 Å². The molecule has 0 heterocycles. The van der Waals surface area contributed by atoms with E-state index < -0.39 is 11.6 Å². The summed E-state index contributed by atoms with van der Waals surface area (Å²) in [6.45, 7) is 2.30. The molecule has 152 valence electrons. The topological polar surface area (TPSA) is 0 Å². The molecule has 0 aromatic heterocycles. The van der Waals surface area contributed by atoms with Crippen molar-refractivity contribution in [3.05, 3.63) is 71.8 Å². The van der Waals surface area contributed by atoms with Gasteiger partial charge >= 0.3 is 0 Å². The molecule has 0 bridgehead atoms. The monoisotopic (exact) mass is 392 g/mol. The van der Waals surface area contributed by atoms with Gasteiger partial charge in [0.05, 0.1) is 0 Å². The van der Waals surface area contributed by atoms with E-state index in [2.05, 4.69) is 37.3 Å². The van der Waals surface area contributed by atoms with E-state index in [1.165, 1.54) is 68.0 Å². The molecule has 0 N–H and O–H groups in total. The summed E-state index contributed by atoms with van der Waals surface area (Å²) in [6.07, 6.45) is 10.8. The molecule has 4 rings (SSSR count). The lowest BCUT2D eigenvalue weighted by Gasteiger charge is -2.28. The van der Waals surface area contributed by atoms with E-state index in [1.807, 2.05) is 6.07 Å². The minimum atomic E-state index is -0.807. The second-order valence-electron chi connectivity index (χ2n) is 8.74. The van der Waals surface area contributed by atoms with Gasteiger partial charge in [0.25, 0.3) is 0 Å². The van der Waals surface area contributed by atoms with Crippen LogP contribution < -0.4 is 0 Å². The van der Waals surface area contributed by atoms with Crippen LogP contribution in [0.4, 0.5) is 8.78 Å². The third-order valence-electron chi connectivity index (χ3n) is 6.66. The number of halogens is 2. The van der Waals surface area contributed by atoms with Crippen molar-refractivity contribution in [2.24, 2.45) is 11.8 Å². The fraction of sp³-hybridized carbons (Fsp3) is 0.407. The van der Waals surface area contributed by atoms with E-state index in [9.17, 15) is 8.78 Å². The first-order chi connectivity index (χ1) is 14.1. The standard InChI is InChI=1S/C27H30F2/c1-2-3-19-4-6-20(7-5-19)8-9-21-10-11-23-17-24(13-12-22(23)16-21)25-14-15-26(28)27(29)18-25/h10-20H,2-9H2,1H3. The third kappa shape index (κ3) is 4.86. The summed E-state index contributed by atoms with van der Waals surface area (Å²) in [6, 6.07) is 16.9. The summed E-state index contributed by atoms with van der Waals surface area (Å²) in [5, 5.41) is 2.34. The van der Waals surface area contributed by atoms with Gasteiger partial charge in [-0.3, -0.25) is 0 Å². The summed E-state index contributed by atoms with van der Waals surface area (Å²) in [5.74, 6) is 0.245. The lowest BCUT2D eigenvalue weighted by Crippen LogP contribution is -2.15. The van der Waals surface area contributed by atoms with Gasteiger partial charge in [0.1, 0.15) is 0 Å². The lowest BCUT2D eigenvalue weighted by molar-refractivity contribution is 0.252. The first-order valence-electron chi connectivity index (χ1n) is 11.1. The van der Waals surface area contributed by atoms with Crippen LogP contribution in [0.15, 0.2) is 54.6 Å². The van der Waals surface area contributed by atoms with Crippen molar-refractivity contribution in [3.8, 4) is 11.1 Å². The van der Waals surface area contributed by atoms with Crippen LogP contribution in [0.2, 0.25) is 0 Å². The molecule has 0 atom stereocenters. The molecule has 29 heavy (non-hydrogen) atoms. The first-order valence-corrected chi connectivity index (χ1v) is 11.1. The normalized spacial score (nSPS) is 19.6. The van der Waals surface area contributed by atoms with Crippen LogP contribution >= 0.6 is 0 Å². The summed E-state index contributed by atoms with van der Waals surface area (Å²) in [5.41, 5.74) is 3.01. The highest BCUT2D eigenvalue weighted by atomic mass is 19.2. The smallest absolute Gasteiger partial charge is 0.159 e. The van der Waals surface area contributed by atoms with E-state index in [0.717, 1.165) is 29.2 Å². The zero-order valence-electron chi connectivity index (χ0n) is 17.3. The average Bonchev–Trinajstić information content (AvgIpc) is 2.75. The number of fused-ring (bicyclic) bond motifs is 1.